The third-order valence-electron chi connectivity index (χ3n) is 4.06. The molecule has 0 heterocycles. The van der Waals surface area contributed by atoms with Gasteiger partial charge in [0, 0.05) is 0 Å². The molecule has 0 atom stereocenters. The molecule has 0 spiro atoms. The molecular weight excluding hydrogens is 307 g/mol. The lowest BCUT2D eigenvalue weighted by Crippen LogP contribution is -2.25. The van der Waals surface area contributed by atoms with Crippen LogP contribution in [-0.2, 0) is 17.6 Å². The number of carbonyl (C=O) groups is 1. The molecule has 1 aliphatic carbocycles. The van der Waals surface area contributed by atoms with Gasteiger partial charge in [-0.15, -0.1) is 0 Å². The predicted octanol–water partition coefficient (Wildman–Crippen LogP) is 3.23. The lowest BCUT2D eigenvalue weighted by Gasteiger charge is -2.07. The first-order valence-electron chi connectivity index (χ1n) is 7.96. The molecule has 0 aliphatic heterocycles. The maximum Gasteiger partial charge on any atom is 0.277 e. The van der Waals surface area contributed by atoms with Crippen LogP contribution >= 0.6 is 0 Å². The Labute approximate surface area is 140 Å². The molecule has 24 heavy (non-hydrogen) atoms. The predicted molar refractivity (Wildman–Crippen MR) is 90.7 cm³/mol. The Morgan fingerprint density at radius 1 is 1.21 bits per heavy atom. The van der Waals surface area contributed by atoms with Crippen molar-refractivity contribution in [1.82, 2.24) is 5.43 Å². The second-order valence-electron chi connectivity index (χ2n) is 5.79. The zero-order valence-electron chi connectivity index (χ0n) is 13.5. The monoisotopic (exact) mass is 326 g/mol. The van der Waals surface area contributed by atoms with E-state index in [4.69, 9.17) is 4.74 Å². The summed E-state index contributed by atoms with van der Waals surface area (Å²) in [5.74, 6) is -0.881. The fourth-order valence-corrected chi connectivity index (χ4v) is 2.74. The first-order chi connectivity index (χ1) is 11.6. The number of para-hydroxylation sites is 1. The second kappa shape index (κ2) is 7.25. The minimum absolute atomic E-state index is 0.0481. The van der Waals surface area contributed by atoms with Crippen molar-refractivity contribution >= 4 is 11.6 Å². The minimum atomic E-state index is -0.497. The van der Waals surface area contributed by atoms with E-state index < -0.39 is 11.7 Å². The summed E-state index contributed by atoms with van der Waals surface area (Å²) in [5.41, 5.74) is 6.91. The number of fused-ring (bicyclic) bond motifs is 1. The Hall–Kier alpha value is -2.69. The number of aryl methyl sites for hydroxylation is 2. The van der Waals surface area contributed by atoms with Gasteiger partial charge in [-0.2, -0.15) is 5.10 Å². The molecule has 0 saturated carbocycles. The Kier molecular flexibility index (Phi) is 4.89. The number of ether oxygens (including phenoxy) is 1. The van der Waals surface area contributed by atoms with E-state index in [1.165, 1.54) is 29.7 Å². The molecule has 1 amide bonds. The molecule has 1 aliphatic rings. The van der Waals surface area contributed by atoms with Gasteiger partial charge in [-0.25, -0.2) is 9.82 Å². The summed E-state index contributed by atoms with van der Waals surface area (Å²) in [6.07, 6.45) is 3.42. The summed E-state index contributed by atoms with van der Waals surface area (Å²) in [6, 6.07) is 12.2. The molecule has 2 aromatic carbocycles. The Morgan fingerprint density at radius 3 is 2.83 bits per heavy atom. The molecule has 0 fully saturated rings. The Balaban J connectivity index is 1.56. The Bertz CT molecular complexity index is 787. The SMILES string of the molecule is C/C(=N/NC(=O)COc1ccccc1F)c1ccc2c(c1)CCC2. The molecule has 0 bridgehead atoms. The van der Waals surface area contributed by atoms with E-state index in [2.05, 4.69) is 22.7 Å². The van der Waals surface area contributed by atoms with E-state index in [1.807, 2.05) is 13.0 Å². The van der Waals surface area contributed by atoms with Gasteiger partial charge in [0.15, 0.2) is 18.2 Å². The number of benzene rings is 2. The van der Waals surface area contributed by atoms with E-state index in [0.717, 1.165) is 24.1 Å². The van der Waals surface area contributed by atoms with Crippen LogP contribution in [0.25, 0.3) is 0 Å². The zero-order valence-corrected chi connectivity index (χ0v) is 13.5. The summed E-state index contributed by atoms with van der Waals surface area (Å²) < 4.78 is 18.5. The van der Waals surface area contributed by atoms with Crippen molar-refractivity contribution in [3.05, 3.63) is 65.0 Å². The van der Waals surface area contributed by atoms with Crippen molar-refractivity contribution < 1.29 is 13.9 Å². The van der Waals surface area contributed by atoms with Crippen molar-refractivity contribution in [2.45, 2.75) is 26.2 Å². The largest absolute Gasteiger partial charge is 0.481 e. The van der Waals surface area contributed by atoms with Crippen molar-refractivity contribution in [3.63, 3.8) is 0 Å². The molecule has 2 aromatic rings. The number of nitrogens with one attached hydrogen (secondary N) is 1. The first kappa shape index (κ1) is 16.2. The van der Waals surface area contributed by atoms with Gasteiger partial charge in [0.1, 0.15) is 0 Å². The molecule has 0 aromatic heterocycles. The van der Waals surface area contributed by atoms with Crippen LogP contribution in [0.1, 0.15) is 30.0 Å². The third kappa shape index (κ3) is 3.79. The number of hydrogen-bond donors (Lipinski definition) is 1. The summed E-state index contributed by atoms with van der Waals surface area (Å²) in [7, 11) is 0. The van der Waals surface area contributed by atoms with Crippen LogP contribution in [0.5, 0.6) is 5.75 Å². The zero-order chi connectivity index (χ0) is 16.9. The van der Waals surface area contributed by atoms with E-state index >= 15 is 0 Å². The highest BCUT2D eigenvalue weighted by atomic mass is 19.1. The lowest BCUT2D eigenvalue weighted by molar-refractivity contribution is -0.123. The topological polar surface area (TPSA) is 50.7 Å². The smallest absolute Gasteiger partial charge is 0.277 e. The van der Waals surface area contributed by atoms with E-state index in [0.29, 0.717) is 0 Å². The van der Waals surface area contributed by atoms with Crippen molar-refractivity contribution in [3.8, 4) is 5.75 Å². The van der Waals surface area contributed by atoms with Crippen LogP contribution < -0.4 is 10.2 Å². The fraction of sp³-hybridized carbons (Fsp3) is 0.263. The Morgan fingerprint density at radius 2 is 2.00 bits per heavy atom. The van der Waals surface area contributed by atoms with E-state index in [-0.39, 0.29) is 12.4 Å². The van der Waals surface area contributed by atoms with Gasteiger partial charge < -0.3 is 4.74 Å². The summed E-state index contributed by atoms with van der Waals surface area (Å²) in [5, 5.41) is 4.10. The number of halogens is 1. The molecule has 0 unspecified atom stereocenters. The molecule has 5 heteroatoms. The number of hydrogen-bond acceptors (Lipinski definition) is 3. The molecule has 1 N–H and O–H groups in total. The molecular formula is C19H19FN2O2. The maximum absolute atomic E-state index is 13.4. The van der Waals surface area contributed by atoms with Gasteiger partial charge in [0.2, 0.25) is 0 Å². The third-order valence-corrected chi connectivity index (χ3v) is 4.06. The highest BCUT2D eigenvalue weighted by Crippen LogP contribution is 2.23. The highest BCUT2D eigenvalue weighted by molar-refractivity contribution is 5.99. The number of rotatable bonds is 5. The number of nitrogens with zero attached hydrogens (tertiary/aromatic N) is 1. The van der Waals surface area contributed by atoms with Crippen LogP contribution in [0.2, 0.25) is 0 Å². The minimum Gasteiger partial charge on any atom is -0.481 e. The molecule has 0 saturated heterocycles. The first-order valence-corrected chi connectivity index (χ1v) is 7.96. The quantitative estimate of drug-likeness (QED) is 0.677. The van der Waals surface area contributed by atoms with Crippen LogP contribution in [-0.4, -0.2) is 18.2 Å². The van der Waals surface area contributed by atoms with Gasteiger partial charge in [0.25, 0.3) is 5.91 Å². The summed E-state index contributed by atoms with van der Waals surface area (Å²) in [6.45, 7) is 1.55. The maximum atomic E-state index is 13.4. The van der Waals surface area contributed by atoms with Crippen molar-refractivity contribution in [1.29, 1.82) is 0 Å². The van der Waals surface area contributed by atoms with Gasteiger partial charge in [-0.1, -0.05) is 24.3 Å². The van der Waals surface area contributed by atoms with Gasteiger partial charge in [-0.05, 0) is 61.1 Å². The average Bonchev–Trinajstić information content (AvgIpc) is 3.06. The van der Waals surface area contributed by atoms with Crippen LogP contribution in [0, 0.1) is 5.82 Å². The average molecular weight is 326 g/mol. The second-order valence-corrected chi connectivity index (χ2v) is 5.79. The van der Waals surface area contributed by atoms with Crippen molar-refractivity contribution in [2.24, 2.45) is 5.10 Å². The molecule has 0 radical (unpaired) electrons. The standard InChI is InChI=1S/C19H19FN2O2/c1-13(15-10-9-14-5-4-6-16(14)11-15)21-22-19(23)12-24-18-8-3-2-7-17(18)20/h2-3,7-11H,4-6,12H2,1H3,(H,22,23)/b21-13-. The van der Waals surface area contributed by atoms with Crippen LogP contribution in [0.3, 0.4) is 0 Å². The molecule has 124 valence electrons. The highest BCUT2D eigenvalue weighted by Gasteiger charge is 2.12. The van der Waals surface area contributed by atoms with Gasteiger partial charge in [-0.3, -0.25) is 4.79 Å². The number of amides is 1. The van der Waals surface area contributed by atoms with Crippen LogP contribution in [0.4, 0.5) is 4.39 Å². The fourth-order valence-electron chi connectivity index (χ4n) is 2.74. The number of carbonyl (C=O) groups excluding carboxylic acids is 1. The van der Waals surface area contributed by atoms with Gasteiger partial charge >= 0.3 is 0 Å². The number of hydrazone groups is 1. The van der Waals surface area contributed by atoms with E-state index in [1.54, 1.807) is 12.1 Å². The van der Waals surface area contributed by atoms with E-state index in [9.17, 15) is 9.18 Å². The van der Waals surface area contributed by atoms with Gasteiger partial charge in [0.05, 0.1) is 5.71 Å². The molecule has 4 nitrogen and oxygen atoms in total. The lowest BCUT2D eigenvalue weighted by atomic mass is 10.0. The summed E-state index contributed by atoms with van der Waals surface area (Å²) in [4.78, 5) is 11.8. The van der Waals surface area contributed by atoms with Crippen LogP contribution in [0.15, 0.2) is 47.6 Å². The van der Waals surface area contributed by atoms with Crippen molar-refractivity contribution in [2.75, 3.05) is 6.61 Å². The molecule has 3 rings (SSSR count). The normalized spacial score (nSPS) is 13.5. The summed E-state index contributed by atoms with van der Waals surface area (Å²) >= 11 is 0.